The van der Waals surface area contributed by atoms with Crippen molar-refractivity contribution in [1.29, 1.82) is 0 Å². The standard InChI is InChI=1S/C82H50N2O8S4/c85-93(86)74-33-9-11-35-76(74)95(89,90)80-49-54(37-41-78(80)93)51-17-13-19-53(43-51)59-47-68(58-22-16-24-61(46-58)84-72-31-7-3-27-66(72)67-28-4-8-32-73(67)84)82-63(56-20-14-18-52(44-56)55-38-42-79-81(50-55)96(91,92)77-36-12-10-34-75(77)94(79,87)88)40-39-62(69(82)48-59)57-21-15-23-60(45-57)83-70-29-5-1-25-64(70)65-26-2-6-30-71(65)83/h1-50H. The number of benzene rings is 14. The molecule has 2 aliphatic heterocycles. The number of aromatic nitrogens is 2. The van der Waals surface area contributed by atoms with Crippen molar-refractivity contribution in [3.05, 3.63) is 303 Å². The maximum atomic E-state index is 14.4. The predicted molar refractivity (Wildman–Crippen MR) is 380 cm³/mol. The summed E-state index contributed by atoms with van der Waals surface area (Å²) >= 11 is 0. The number of rotatable bonds is 8. The van der Waals surface area contributed by atoms with Crippen LogP contribution in [0.1, 0.15) is 0 Å². The topological polar surface area (TPSA) is 146 Å². The summed E-state index contributed by atoms with van der Waals surface area (Å²) in [7, 11) is -16.8. The first kappa shape index (κ1) is 57.4. The lowest BCUT2D eigenvalue weighted by molar-refractivity contribution is 0.570. The SMILES string of the molecule is O=S1(=O)c2ccccc2S(=O)(=O)c2cc(-c3cccc(-c4cc(-c5cccc(-n6c7ccccc7c7ccccc76)c5)c5c(-c6cccc(-c7ccc8c(c7)S(=O)(=O)c7ccccc7S8(=O)=O)c6)ccc(-c6cccc(-n7c8ccccc8c8ccccc87)c6)c5c4)c3)ccc21. The molecule has 0 atom stereocenters. The van der Waals surface area contributed by atoms with Crippen LogP contribution < -0.4 is 0 Å². The first-order chi connectivity index (χ1) is 46.6. The van der Waals surface area contributed by atoms with Gasteiger partial charge in [-0.05, 0) is 199 Å². The zero-order chi connectivity index (χ0) is 65.0. The van der Waals surface area contributed by atoms with E-state index in [-0.39, 0.29) is 39.2 Å². The van der Waals surface area contributed by atoms with Gasteiger partial charge in [-0.15, -0.1) is 0 Å². The van der Waals surface area contributed by atoms with E-state index in [1.165, 1.54) is 72.8 Å². The molecule has 0 fully saturated rings. The number of nitrogens with zero attached hydrogens (tertiary/aromatic N) is 2. The second-order valence-corrected chi connectivity index (χ2v) is 31.9. The Morgan fingerprint density at radius 3 is 0.938 bits per heavy atom. The molecule has 0 unspecified atom stereocenters. The Morgan fingerprint density at radius 2 is 0.500 bits per heavy atom. The van der Waals surface area contributed by atoms with Crippen molar-refractivity contribution in [3.63, 3.8) is 0 Å². The third-order valence-corrected chi connectivity index (χ3v) is 27.0. The average molecular weight is 1320 g/mol. The van der Waals surface area contributed by atoms with Gasteiger partial charge in [-0.1, -0.05) is 182 Å². The number of para-hydroxylation sites is 4. The molecule has 2 aromatic heterocycles. The third-order valence-electron chi connectivity index (χ3n) is 19.0. The number of hydrogen-bond donors (Lipinski definition) is 0. The second-order valence-electron chi connectivity index (χ2n) is 24.3. The Morgan fingerprint density at radius 1 is 0.188 bits per heavy atom. The summed E-state index contributed by atoms with van der Waals surface area (Å²) in [6.45, 7) is 0. The van der Waals surface area contributed by atoms with Gasteiger partial charge in [-0.2, -0.15) is 0 Å². The Balaban J connectivity index is 0.889. The molecular formula is C82H50N2O8S4. The van der Waals surface area contributed by atoms with E-state index in [0.717, 1.165) is 110 Å². The van der Waals surface area contributed by atoms with E-state index in [1.54, 1.807) is 12.1 Å². The van der Waals surface area contributed by atoms with Crippen molar-refractivity contribution < 1.29 is 33.7 Å². The lowest BCUT2D eigenvalue weighted by Crippen LogP contribution is -2.19. The van der Waals surface area contributed by atoms with Crippen LogP contribution in [0.2, 0.25) is 0 Å². The summed E-state index contributed by atoms with van der Waals surface area (Å²) in [5.41, 5.74) is 15.4. The fraction of sp³-hybridized carbons (Fsp3) is 0. The highest BCUT2D eigenvalue weighted by atomic mass is 32.2. The fourth-order valence-corrected chi connectivity index (χ4v) is 23.0. The van der Waals surface area contributed by atoms with Crippen LogP contribution in [-0.4, -0.2) is 42.8 Å². The molecule has 96 heavy (non-hydrogen) atoms. The largest absolute Gasteiger partial charge is 0.309 e. The molecule has 0 saturated heterocycles. The van der Waals surface area contributed by atoms with E-state index in [1.807, 2.05) is 48.5 Å². The van der Waals surface area contributed by atoms with Gasteiger partial charge in [0.05, 0.1) is 61.2 Å². The molecule has 14 heteroatoms. The molecule has 460 valence electrons. The van der Waals surface area contributed by atoms with Gasteiger partial charge >= 0.3 is 0 Å². The Hall–Kier alpha value is -11.3. The summed E-state index contributed by atoms with van der Waals surface area (Å²) in [5.74, 6) is 0. The third kappa shape index (κ3) is 8.59. The Bertz CT molecular complexity index is 6500. The van der Waals surface area contributed by atoms with Gasteiger partial charge in [0.1, 0.15) is 0 Å². The molecule has 14 aromatic carbocycles. The van der Waals surface area contributed by atoms with Crippen LogP contribution >= 0.6 is 0 Å². The summed E-state index contributed by atoms with van der Waals surface area (Å²) < 4.78 is 118. The first-order valence-electron chi connectivity index (χ1n) is 31.1. The van der Waals surface area contributed by atoms with Crippen molar-refractivity contribution >= 4 is 93.7 Å². The van der Waals surface area contributed by atoms with Gasteiger partial charge < -0.3 is 9.13 Å². The molecule has 4 heterocycles. The number of fused-ring (bicyclic) bond motifs is 11. The summed E-state index contributed by atoms with van der Waals surface area (Å²) in [6.07, 6.45) is 0. The number of hydrogen-bond acceptors (Lipinski definition) is 8. The maximum absolute atomic E-state index is 14.4. The molecule has 2 aliphatic rings. The Kier molecular flexibility index (Phi) is 12.6. The highest BCUT2D eigenvalue weighted by Crippen LogP contribution is 2.49. The number of sulfone groups is 4. The Labute approximate surface area is 553 Å². The molecule has 0 spiro atoms. The van der Waals surface area contributed by atoms with Gasteiger partial charge in [0.2, 0.25) is 39.3 Å². The van der Waals surface area contributed by atoms with E-state index < -0.39 is 39.3 Å². The molecule has 0 saturated carbocycles. The van der Waals surface area contributed by atoms with Crippen molar-refractivity contribution in [2.45, 2.75) is 39.2 Å². The van der Waals surface area contributed by atoms with Gasteiger partial charge in [0.25, 0.3) is 0 Å². The maximum Gasteiger partial charge on any atom is 0.209 e. The molecule has 0 amide bonds. The fourth-order valence-electron chi connectivity index (χ4n) is 14.6. The van der Waals surface area contributed by atoms with Gasteiger partial charge in [-0.25, -0.2) is 33.7 Å². The van der Waals surface area contributed by atoms with Crippen LogP contribution in [0.3, 0.4) is 0 Å². The predicted octanol–water partition coefficient (Wildman–Crippen LogP) is 19.0. The minimum atomic E-state index is -4.24. The second kappa shape index (κ2) is 21.1. The summed E-state index contributed by atoms with van der Waals surface area (Å²) in [5, 5.41) is 6.30. The highest BCUT2D eigenvalue weighted by molar-refractivity contribution is 7.98. The quantitative estimate of drug-likeness (QED) is 0.146. The first-order valence-corrected chi connectivity index (χ1v) is 37.0. The van der Waals surface area contributed by atoms with E-state index in [9.17, 15) is 33.7 Å². The van der Waals surface area contributed by atoms with E-state index in [4.69, 9.17) is 0 Å². The molecule has 10 nitrogen and oxygen atoms in total. The summed E-state index contributed by atoms with van der Waals surface area (Å²) in [4.78, 5) is -2.09. The minimum absolute atomic E-state index is 0.244. The van der Waals surface area contributed by atoms with E-state index in [2.05, 4.69) is 179 Å². The van der Waals surface area contributed by atoms with Gasteiger partial charge in [0.15, 0.2) is 0 Å². The lowest BCUT2D eigenvalue weighted by Gasteiger charge is -2.21. The van der Waals surface area contributed by atoms with Crippen molar-refractivity contribution in [1.82, 2.24) is 9.13 Å². The van der Waals surface area contributed by atoms with E-state index in [0.29, 0.717) is 22.3 Å². The van der Waals surface area contributed by atoms with Crippen LogP contribution in [0.5, 0.6) is 0 Å². The molecule has 0 N–H and O–H groups in total. The van der Waals surface area contributed by atoms with Crippen LogP contribution in [0, 0.1) is 0 Å². The normalized spacial score (nSPS) is 14.7. The van der Waals surface area contributed by atoms with Gasteiger partial charge in [0, 0.05) is 32.9 Å². The molecular weight excluding hydrogens is 1270 g/mol. The zero-order valence-electron chi connectivity index (χ0n) is 50.7. The highest BCUT2D eigenvalue weighted by Gasteiger charge is 2.41. The molecule has 0 aliphatic carbocycles. The van der Waals surface area contributed by atoms with E-state index >= 15 is 0 Å². The van der Waals surface area contributed by atoms with Crippen LogP contribution in [0.4, 0.5) is 0 Å². The zero-order valence-corrected chi connectivity index (χ0v) is 53.9. The minimum Gasteiger partial charge on any atom is -0.309 e. The van der Waals surface area contributed by atoms with Crippen molar-refractivity contribution in [3.8, 4) is 78.1 Å². The van der Waals surface area contributed by atoms with Crippen molar-refractivity contribution in [2.24, 2.45) is 0 Å². The molecule has 16 aromatic rings. The van der Waals surface area contributed by atoms with Crippen LogP contribution in [-0.2, 0) is 39.3 Å². The van der Waals surface area contributed by atoms with Gasteiger partial charge in [-0.3, -0.25) is 0 Å². The molecule has 18 rings (SSSR count). The monoisotopic (exact) mass is 1320 g/mol. The van der Waals surface area contributed by atoms with Crippen LogP contribution in [0.15, 0.2) is 342 Å². The molecule has 0 radical (unpaired) electrons. The van der Waals surface area contributed by atoms with Crippen molar-refractivity contribution in [2.75, 3.05) is 0 Å². The molecule has 0 bridgehead atoms. The summed E-state index contributed by atoms with van der Waals surface area (Å²) in [6, 6.07) is 95.8. The average Bonchev–Trinajstić information content (AvgIpc) is 1.08. The van der Waals surface area contributed by atoms with Crippen LogP contribution in [0.25, 0.3) is 133 Å². The smallest absolute Gasteiger partial charge is 0.209 e. The lowest BCUT2D eigenvalue weighted by atomic mass is 9.84.